The van der Waals surface area contributed by atoms with Gasteiger partial charge in [-0.15, -0.1) is 0 Å². The fourth-order valence-corrected chi connectivity index (χ4v) is 3.54. The molecule has 2 rings (SSSR count). The van der Waals surface area contributed by atoms with Crippen LogP contribution in [0.3, 0.4) is 0 Å². The summed E-state index contributed by atoms with van der Waals surface area (Å²) < 4.78 is 24.3. The number of hydrogen-bond acceptors (Lipinski definition) is 3. The second kappa shape index (κ2) is 5.63. The molecule has 0 aliphatic heterocycles. The van der Waals surface area contributed by atoms with Gasteiger partial charge in [-0.1, -0.05) is 41.9 Å². The van der Waals surface area contributed by atoms with Gasteiger partial charge < -0.3 is 5.73 Å². The number of nitrogen functional groups attached to an aromatic ring is 1. The minimum absolute atomic E-state index is 0.000205. The normalized spacial score (nSPS) is 11.4. The lowest BCUT2D eigenvalue weighted by Gasteiger charge is -2.08. The zero-order chi connectivity index (χ0) is 13.9. The maximum atomic E-state index is 12.1. The molecule has 0 spiro atoms. The molecule has 2 aromatic rings. The van der Waals surface area contributed by atoms with Gasteiger partial charge in [-0.05, 0) is 29.3 Å². The van der Waals surface area contributed by atoms with E-state index in [2.05, 4.69) is 0 Å². The first-order valence-corrected chi connectivity index (χ1v) is 7.94. The topological polar surface area (TPSA) is 60.2 Å². The van der Waals surface area contributed by atoms with Crippen molar-refractivity contribution in [2.24, 2.45) is 0 Å². The summed E-state index contributed by atoms with van der Waals surface area (Å²) in [4.78, 5) is 0. The average molecular weight is 296 g/mol. The van der Waals surface area contributed by atoms with Crippen LogP contribution in [0.15, 0.2) is 48.5 Å². The van der Waals surface area contributed by atoms with E-state index in [1.54, 1.807) is 30.3 Å². The van der Waals surface area contributed by atoms with Gasteiger partial charge in [0, 0.05) is 10.7 Å². The molecule has 0 bridgehead atoms. The molecule has 0 aromatic heterocycles. The van der Waals surface area contributed by atoms with Crippen LogP contribution >= 0.6 is 11.6 Å². The third kappa shape index (κ3) is 3.98. The van der Waals surface area contributed by atoms with E-state index in [0.717, 1.165) is 5.56 Å². The smallest absolute Gasteiger partial charge is 0.158 e. The molecule has 5 heteroatoms. The third-order valence-corrected chi connectivity index (χ3v) is 4.47. The number of halogens is 1. The molecule has 2 aromatic carbocycles. The van der Waals surface area contributed by atoms with Gasteiger partial charge in [0.25, 0.3) is 0 Å². The minimum atomic E-state index is -3.27. The monoisotopic (exact) mass is 295 g/mol. The lowest BCUT2D eigenvalue weighted by molar-refractivity contribution is 0.594. The molecular formula is C14H14ClNO2S. The molecule has 100 valence electrons. The van der Waals surface area contributed by atoms with E-state index in [1.807, 2.05) is 18.2 Å². The summed E-state index contributed by atoms with van der Waals surface area (Å²) >= 11 is 5.86. The maximum Gasteiger partial charge on any atom is 0.158 e. The fraction of sp³-hybridized carbons (Fsp3) is 0.143. The SMILES string of the molecule is Nc1ccc(Cl)cc1CS(=O)(=O)Cc1ccccc1. The van der Waals surface area contributed by atoms with Crippen molar-refractivity contribution >= 4 is 27.1 Å². The fourth-order valence-electron chi connectivity index (χ4n) is 1.82. The largest absolute Gasteiger partial charge is 0.398 e. The molecule has 0 fully saturated rings. The molecule has 0 amide bonds. The number of anilines is 1. The molecule has 0 aliphatic rings. The van der Waals surface area contributed by atoms with Crippen LogP contribution < -0.4 is 5.73 Å². The first-order valence-electron chi connectivity index (χ1n) is 5.74. The molecule has 2 N–H and O–H groups in total. The van der Waals surface area contributed by atoms with E-state index in [4.69, 9.17) is 17.3 Å². The number of hydrogen-bond donors (Lipinski definition) is 1. The third-order valence-electron chi connectivity index (χ3n) is 2.71. The van der Waals surface area contributed by atoms with E-state index in [9.17, 15) is 8.42 Å². The molecular weight excluding hydrogens is 282 g/mol. The summed E-state index contributed by atoms with van der Waals surface area (Å²) in [7, 11) is -3.27. The number of rotatable bonds is 4. The van der Waals surface area contributed by atoms with Crippen molar-refractivity contribution in [3.63, 3.8) is 0 Å². The van der Waals surface area contributed by atoms with Gasteiger partial charge in [-0.2, -0.15) is 0 Å². The van der Waals surface area contributed by atoms with Gasteiger partial charge in [0.1, 0.15) is 0 Å². The quantitative estimate of drug-likeness (QED) is 0.882. The highest BCUT2D eigenvalue weighted by Crippen LogP contribution is 2.21. The second-order valence-electron chi connectivity index (χ2n) is 4.36. The van der Waals surface area contributed by atoms with Gasteiger partial charge in [-0.25, -0.2) is 8.42 Å². The molecule has 0 saturated heterocycles. The summed E-state index contributed by atoms with van der Waals surface area (Å²) in [6, 6.07) is 13.9. The number of sulfone groups is 1. The van der Waals surface area contributed by atoms with Crippen LogP contribution in [-0.2, 0) is 21.3 Å². The van der Waals surface area contributed by atoms with Crippen LogP contribution in [0.25, 0.3) is 0 Å². The Labute approximate surface area is 117 Å². The first-order chi connectivity index (χ1) is 8.96. The standard InChI is InChI=1S/C14H14ClNO2S/c15-13-6-7-14(16)12(8-13)10-19(17,18)9-11-4-2-1-3-5-11/h1-8H,9-10,16H2. The Bertz CT molecular complexity index is 669. The van der Waals surface area contributed by atoms with Crippen molar-refractivity contribution in [3.05, 3.63) is 64.7 Å². The summed E-state index contributed by atoms with van der Waals surface area (Å²) in [6.07, 6.45) is 0. The summed E-state index contributed by atoms with van der Waals surface area (Å²) in [5, 5.41) is 0.485. The highest BCUT2D eigenvalue weighted by Gasteiger charge is 2.15. The molecule has 0 saturated carbocycles. The second-order valence-corrected chi connectivity index (χ2v) is 6.86. The van der Waals surface area contributed by atoms with Crippen LogP contribution in [0, 0.1) is 0 Å². The van der Waals surface area contributed by atoms with Crippen molar-refractivity contribution in [2.75, 3.05) is 5.73 Å². The Morgan fingerprint density at radius 3 is 2.37 bits per heavy atom. The predicted molar refractivity (Wildman–Crippen MR) is 78.6 cm³/mol. The van der Waals surface area contributed by atoms with E-state index in [0.29, 0.717) is 16.3 Å². The van der Waals surface area contributed by atoms with Crippen LogP contribution in [-0.4, -0.2) is 8.42 Å². The molecule has 0 atom stereocenters. The highest BCUT2D eigenvalue weighted by molar-refractivity contribution is 7.89. The van der Waals surface area contributed by atoms with Crippen molar-refractivity contribution < 1.29 is 8.42 Å². The predicted octanol–water partition coefficient (Wildman–Crippen LogP) is 3.04. The lowest BCUT2D eigenvalue weighted by Crippen LogP contribution is -2.09. The number of nitrogens with two attached hydrogens (primary N) is 1. The molecule has 0 radical (unpaired) electrons. The summed E-state index contributed by atoms with van der Waals surface area (Å²) in [5.74, 6) is -0.103. The summed E-state index contributed by atoms with van der Waals surface area (Å²) in [5.41, 5.74) is 7.52. The van der Waals surface area contributed by atoms with Crippen molar-refractivity contribution in [3.8, 4) is 0 Å². The van der Waals surface area contributed by atoms with E-state index < -0.39 is 9.84 Å². The van der Waals surface area contributed by atoms with Gasteiger partial charge in [0.2, 0.25) is 0 Å². The zero-order valence-electron chi connectivity index (χ0n) is 10.2. The van der Waals surface area contributed by atoms with Crippen molar-refractivity contribution in [1.29, 1.82) is 0 Å². The zero-order valence-corrected chi connectivity index (χ0v) is 11.8. The van der Waals surface area contributed by atoms with Crippen LogP contribution in [0.5, 0.6) is 0 Å². The molecule has 3 nitrogen and oxygen atoms in total. The molecule has 0 unspecified atom stereocenters. The van der Waals surface area contributed by atoms with Crippen molar-refractivity contribution in [2.45, 2.75) is 11.5 Å². The molecule has 0 aliphatic carbocycles. The highest BCUT2D eigenvalue weighted by atomic mass is 35.5. The lowest BCUT2D eigenvalue weighted by atomic mass is 10.2. The Kier molecular flexibility index (Phi) is 4.12. The Hall–Kier alpha value is -1.52. The first kappa shape index (κ1) is 13.9. The minimum Gasteiger partial charge on any atom is -0.398 e. The van der Waals surface area contributed by atoms with Crippen molar-refractivity contribution in [1.82, 2.24) is 0 Å². The van der Waals surface area contributed by atoms with Crippen LogP contribution in [0.2, 0.25) is 5.02 Å². The van der Waals surface area contributed by atoms with Gasteiger partial charge in [0.15, 0.2) is 9.84 Å². The van der Waals surface area contributed by atoms with Gasteiger partial charge in [-0.3, -0.25) is 0 Å². The van der Waals surface area contributed by atoms with E-state index in [1.165, 1.54) is 0 Å². The van der Waals surface area contributed by atoms with E-state index in [-0.39, 0.29) is 11.5 Å². The van der Waals surface area contributed by atoms with Crippen LogP contribution in [0.1, 0.15) is 11.1 Å². The molecule has 19 heavy (non-hydrogen) atoms. The number of benzene rings is 2. The Morgan fingerprint density at radius 1 is 1.00 bits per heavy atom. The maximum absolute atomic E-state index is 12.1. The van der Waals surface area contributed by atoms with Gasteiger partial charge >= 0.3 is 0 Å². The van der Waals surface area contributed by atoms with E-state index >= 15 is 0 Å². The molecule has 0 heterocycles. The Morgan fingerprint density at radius 2 is 1.68 bits per heavy atom. The van der Waals surface area contributed by atoms with Gasteiger partial charge in [0.05, 0.1) is 11.5 Å². The average Bonchev–Trinajstić information content (AvgIpc) is 2.34. The summed E-state index contributed by atoms with van der Waals surface area (Å²) in [6.45, 7) is 0. The Balaban J connectivity index is 2.20. The van der Waals surface area contributed by atoms with Crippen LogP contribution in [0.4, 0.5) is 5.69 Å².